The third kappa shape index (κ3) is 1.98. The highest BCUT2D eigenvalue weighted by molar-refractivity contribution is 7.09. The summed E-state index contributed by atoms with van der Waals surface area (Å²) in [5.74, 6) is 0.844. The summed E-state index contributed by atoms with van der Waals surface area (Å²) in [4.78, 5) is 4.52. The van der Waals surface area contributed by atoms with E-state index < -0.39 is 0 Å². The Labute approximate surface area is 89.5 Å². The number of aryl methyl sites for hydroxylation is 1. The Morgan fingerprint density at radius 3 is 2.79 bits per heavy atom. The first kappa shape index (κ1) is 10.1. The van der Waals surface area contributed by atoms with Gasteiger partial charge in [0.25, 0.3) is 0 Å². The van der Waals surface area contributed by atoms with Crippen LogP contribution in [0.5, 0.6) is 0 Å². The summed E-state index contributed by atoms with van der Waals surface area (Å²) in [6.07, 6.45) is 3.78. The zero-order valence-corrected chi connectivity index (χ0v) is 9.73. The molecule has 2 rings (SSSR count). The number of hydrogen-bond acceptors (Lipinski definition) is 3. The summed E-state index contributed by atoms with van der Waals surface area (Å²) >= 11 is 1.77. The Bertz CT molecular complexity index is 317. The largest absolute Gasteiger partial charge is 0.330 e. The fourth-order valence-corrected chi connectivity index (χ4v) is 2.96. The first-order chi connectivity index (χ1) is 6.64. The second-order valence-corrected chi connectivity index (χ2v) is 5.63. The van der Waals surface area contributed by atoms with Crippen LogP contribution in [0.4, 0.5) is 0 Å². The molecule has 0 amide bonds. The van der Waals surface area contributed by atoms with Gasteiger partial charge in [0.15, 0.2) is 0 Å². The minimum absolute atomic E-state index is 0.296. The Morgan fingerprint density at radius 1 is 1.64 bits per heavy atom. The molecule has 0 aromatic carbocycles. The van der Waals surface area contributed by atoms with E-state index in [-0.39, 0.29) is 0 Å². The normalized spacial score (nSPS) is 20.8. The highest BCUT2D eigenvalue weighted by atomic mass is 32.1. The van der Waals surface area contributed by atoms with Crippen molar-refractivity contribution >= 4 is 11.3 Å². The van der Waals surface area contributed by atoms with Crippen molar-refractivity contribution in [3.8, 4) is 0 Å². The summed E-state index contributed by atoms with van der Waals surface area (Å²) in [6.45, 7) is 5.15. The molecule has 1 atom stereocenters. The minimum Gasteiger partial charge on any atom is -0.330 e. The Morgan fingerprint density at radius 2 is 2.36 bits per heavy atom. The van der Waals surface area contributed by atoms with Crippen LogP contribution in [0.1, 0.15) is 30.5 Å². The number of nitrogens with zero attached hydrogens (tertiary/aromatic N) is 1. The van der Waals surface area contributed by atoms with Gasteiger partial charge in [0.05, 0.1) is 5.01 Å². The third-order valence-corrected chi connectivity index (χ3v) is 4.22. The lowest BCUT2D eigenvalue weighted by Gasteiger charge is -2.26. The lowest BCUT2D eigenvalue weighted by molar-refractivity contribution is 0.281. The molecular weight excluding hydrogens is 192 g/mol. The standard InChI is InChI=1S/C11H18N2S/c1-8-6-14-10(13-8)5-11(2,7-12)9-3-4-9/h6,9H,3-5,7,12H2,1-2H3. The van der Waals surface area contributed by atoms with Gasteiger partial charge in [-0.05, 0) is 37.6 Å². The molecule has 0 bridgehead atoms. The number of hydrogen-bond donors (Lipinski definition) is 1. The Balaban J connectivity index is 2.07. The molecule has 0 aliphatic heterocycles. The number of rotatable bonds is 4. The van der Waals surface area contributed by atoms with Gasteiger partial charge >= 0.3 is 0 Å². The highest BCUT2D eigenvalue weighted by Crippen LogP contribution is 2.46. The van der Waals surface area contributed by atoms with Gasteiger partial charge in [-0.15, -0.1) is 11.3 Å². The SMILES string of the molecule is Cc1csc(CC(C)(CN)C2CC2)n1. The van der Waals surface area contributed by atoms with Gasteiger partial charge in [0.2, 0.25) is 0 Å². The lowest BCUT2D eigenvalue weighted by Crippen LogP contribution is -2.31. The molecule has 0 radical (unpaired) electrons. The van der Waals surface area contributed by atoms with Crippen molar-refractivity contribution in [2.75, 3.05) is 6.54 Å². The smallest absolute Gasteiger partial charge is 0.0934 e. The van der Waals surface area contributed by atoms with Gasteiger partial charge in [0, 0.05) is 17.5 Å². The summed E-state index contributed by atoms with van der Waals surface area (Å²) in [7, 11) is 0. The fourth-order valence-electron chi connectivity index (χ4n) is 1.99. The van der Waals surface area contributed by atoms with Gasteiger partial charge in [-0.2, -0.15) is 0 Å². The van der Waals surface area contributed by atoms with E-state index in [2.05, 4.69) is 24.2 Å². The van der Waals surface area contributed by atoms with E-state index in [1.54, 1.807) is 11.3 Å². The van der Waals surface area contributed by atoms with E-state index in [1.807, 2.05) is 0 Å². The molecule has 1 fully saturated rings. The maximum Gasteiger partial charge on any atom is 0.0934 e. The molecule has 1 aliphatic carbocycles. The Kier molecular flexibility index (Phi) is 2.62. The van der Waals surface area contributed by atoms with Crippen molar-refractivity contribution in [2.24, 2.45) is 17.1 Å². The molecule has 1 aromatic heterocycles. The van der Waals surface area contributed by atoms with Crippen LogP contribution in [0.15, 0.2) is 5.38 Å². The average molecular weight is 210 g/mol. The van der Waals surface area contributed by atoms with E-state index >= 15 is 0 Å². The second-order valence-electron chi connectivity index (χ2n) is 4.69. The summed E-state index contributed by atoms with van der Waals surface area (Å²) in [5.41, 5.74) is 7.31. The number of thiazole rings is 1. The first-order valence-electron chi connectivity index (χ1n) is 5.25. The van der Waals surface area contributed by atoms with Crippen LogP contribution in [0.25, 0.3) is 0 Å². The minimum atomic E-state index is 0.296. The van der Waals surface area contributed by atoms with Crippen LogP contribution in [-0.2, 0) is 6.42 Å². The van der Waals surface area contributed by atoms with Crippen molar-refractivity contribution in [3.63, 3.8) is 0 Å². The quantitative estimate of drug-likeness (QED) is 0.828. The molecule has 1 heterocycles. The van der Waals surface area contributed by atoms with Crippen LogP contribution in [0.3, 0.4) is 0 Å². The molecule has 1 unspecified atom stereocenters. The van der Waals surface area contributed by atoms with Crippen molar-refractivity contribution in [1.29, 1.82) is 0 Å². The fraction of sp³-hybridized carbons (Fsp3) is 0.727. The van der Waals surface area contributed by atoms with E-state index in [0.29, 0.717) is 5.41 Å². The first-order valence-corrected chi connectivity index (χ1v) is 6.13. The molecule has 2 N–H and O–H groups in total. The monoisotopic (exact) mass is 210 g/mol. The molecule has 1 aliphatic rings. The van der Waals surface area contributed by atoms with Crippen molar-refractivity contribution in [2.45, 2.75) is 33.1 Å². The molecule has 0 saturated heterocycles. The van der Waals surface area contributed by atoms with Crippen LogP contribution in [0.2, 0.25) is 0 Å². The molecule has 1 aromatic rings. The molecule has 2 nitrogen and oxygen atoms in total. The van der Waals surface area contributed by atoms with Crippen LogP contribution < -0.4 is 5.73 Å². The maximum absolute atomic E-state index is 5.88. The number of aromatic nitrogens is 1. The molecule has 14 heavy (non-hydrogen) atoms. The van der Waals surface area contributed by atoms with E-state index in [9.17, 15) is 0 Å². The van der Waals surface area contributed by atoms with E-state index in [0.717, 1.165) is 24.6 Å². The van der Waals surface area contributed by atoms with Crippen LogP contribution >= 0.6 is 11.3 Å². The molecule has 1 saturated carbocycles. The summed E-state index contributed by atoms with van der Waals surface area (Å²) in [6, 6.07) is 0. The van der Waals surface area contributed by atoms with Crippen molar-refractivity contribution < 1.29 is 0 Å². The zero-order valence-electron chi connectivity index (χ0n) is 8.92. The van der Waals surface area contributed by atoms with Gasteiger partial charge in [0.1, 0.15) is 0 Å². The summed E-state index contributed by atoms with van der Waals surface area (Å²) in [5, 5.41) is 3.38. The molecule has 0 spiro atoms. The predicted molar refractivity (Wildman–Crippen MR) is 60.4 cm³/mol. The predicted octanol–water partition coefficient (Wildman–Crippen LogP) is 2.37. The van der Waals surface area contributed by atoms with Crippen LogP contribution in [-0.4, -0.2) is 11.5 Å². The van der Waals surface area contributed by atoms with E-state index in [4.69, 9.17) is 5.73 Å². The average Bonchev–Trinajstić information content (AvgIpc) is 2.93. The lowest BCUT2D eigenvalue weighted by atomic mass is 9.82. The van der Waals surface area contributed by atoms with Gasteiger partial charge in [-0.25, -0.2) is 4.98 Å². The third-order valence-electron chi connectivity index (χ3n) is 3.25. The zero-order chi connectivity index (χ0) is 10.2. The molecule has 3 heteroatoms. The Hall–Kier alpha value is -0.410. The van der Waals surface area contributed by atoms with Crippen molar-refractivity contribution in [1.82, 2.24) is 4.98 Å². The van der Waals surface area contributed by atoms with Crippen LogP contribution in [0, 0.1) is 18.3 Å². The highest BCUT2D eigenvalue weighted by Gasteiger charge is 2.40. The van der Waals surface area contributed by atoms with Gasteiger partial charge in [-0.1, -0.05) is 6.92 Å². The van der Waals surface area contributed by atoms with Crippen molar-refractivity contribution in [3.05, 3.63) is 16.1 Å². The second kappa shape index (κ2) is 3.63. The maximum atomic E-state index is 5.88. The molecular formula is C11H18N2S. The topological polar surface area (TPSA) is 38.9 Å². The van der Waals surface area contributed by atoms with Gasteiger partial charge in [-0.3, -0.25) is 0 Å². The molecule has 78 valence electrons. The summed E-state index contributed by atoms with van der Waals surface area (Å²) < 4.78 is 0. The number of nitrogens with two attached hydrogens (primary N) is 1. The van der Waals surface area contributed by atoms with E-state index in [1.165, 1.54) is 17.8 Å². The van der Waals surface area contributed by atoms with Gasteiger partial charge < -0.3 is 5.73 Å².